The van der Waals surface area contributed by atoms with Gasteiger partial charge in [-0.3, -0.25) is 8.97 Å². The molecule has 0 aliphatic carbocycles. The Balaban J connectivity index is 2.21. The molecule has 1 atom stereocenters. The average Bonchev–Trinajstić information content (AvgIpc) is 3.18. The molecule has 1 unspecified atom stereocenters. The lowest BCUT2D eigenvalue weighted by Gasteiger charge is -2.05. The Morgan fingerprint density at radius 1 is 1.65 bits per heavy atom. The molecule has 0 aromatic carbocycles. The van der Waals surface area contributed by atoms with Crippen LogP contribution in [0.25, 0.3) is 5.52 Å². The average molecular weight is 298 g/mol. The predicted octanol–water partition coefficient (Wildman–Crippen LogP) is 0.725. The zero-order chi connectivity index (χ0) is 14.3. The molecule has 3 rings (SSSR count). The van der Waals surface area contributed by atoms with Gasteiger partial charge in [0.25, 0.3) is 0 Å². The maximum Gasteiger partial charge on any atom is 0.357 e. The fraction of sp³-hybridized carbons (Fsp3) is 0.417. The predicted molar refractivity (Wildman–Crippen MR) is 70.2 cm³/mol. The molecule has 0 amide bonds. The Morgan fingerprint density at radius 2 is 2.40 bits per heavy atom. The van der Waals surface area contributed by atoms with Crippen molar-refractivity contribution >= 4 is 23.1 Å². The van der Waals surface area contributed by atoms with Gasteiger partial charge in [-0.05, 0) is 6.92 Å². The van der Waals surface area contributed by atoms with Crippen LogP contribution in [-0.2, 0) is 16.0 Å². The molecule has 0 spiro atoms. The van der Waals surface area contributed by atoms with Crippen LogP contribution in [0.4, 0.5) is 0 Å². The van der Waals surface area contributed by atoms with Crippen LogP contribution < -0.4 is 5.69 Å². The summed E-state index contributed by atoms with van der Waals surface area (Å²) in [6.45, 7) is 2.83. The Labute approximate surface area is 118 Å². The number of epoxide rings is 1. The smallest absolute Gasteiger partial charge is 0.357 e. The molecule has 0 radical (unpaired) electrons. The fourth-order valence-electron chi connectivity index (χ4n) is 2.05. The first kappa shape index (κ1) is 13.1. The van der Waals surface area contributed by atoms with Crippen LogP contribution in [-0.4, -0.2) is 39.2 Å². The van der Waals surface area contributed by atoms with E-state index in [1.807, 2.05) is 0 Å². The summed E-state index contributed by atoms with van der Waals surface area (Å²) in [4.78, 5) is 28.3. The number of carbonyl (C=O) groups is 1. The number of ether oxygens (including phenoxy) is 2. The minimum absolute atomic E-state index is 0.0401. The number of hydrogen-bond acceptors (Lipinski definition) is 5. The zero-order valence-electron chi connectivity index (χ0n) is 10.7. The second kappa shape index (κ2) is 4.92. The summed E-state index contributed by atoms with van der Waals surface area (Å²) < 4.78 is 12.8. The summed E-state index contributed by atoms with van der Waals surface area (Å²) >= 11 is 5.79. The summed E-state index contributed by atoms with van der Waals surface area (Å²) in [7, 11) is 0. The summed E-state index contributed by atoms with van der Waals surface area (Å²) in [6.07, 6.45) is 2.73. The number of esters is 1. The van der Waals surface area contributed by atoms with Crippen molar-refractivity contribution in [2.75, 3.05) is 13.2 Å². The molecule has 0 saturated carbocycles. The SMILES string of the molecule is CCOC(=O)c1c2cnc(Cl)cn2c(=O)n1CC1CO1. The minimum Gasteiger partial charge on any atom is -0.461 e. The molecule has 1 aliphatic heterocycles. The lowest BCUT2D eigenvalue weighted by molar-refractivity contribution is 0.0515. The summed E-state index contributed by atoms with van der Waals surface area (Å²) in [5.41, 5.74) is 0.192. The maximum absolute atomic E-state index is 12.3. The van der Waals surface area contributed by atoms with Crippen molar-refractivity contribution < 1.29 is 14.3 Å². The van der Waals surface area contributed by atoms with E-state index in [4.69, 9.17) is 21.1 Å². The van der Waals surface area contributed by atoms with Crippen molar-refractivity contribution in [1.82, 2.24) is 14.0 Å². The lowest BCUT2D eigenvalue weighted by atomic mass is 10.3. The second-order valence-corrected chi connectivity index (χ2v) is 4.77. The van der Waals surface area contributed by atoms with Gasteiger partial charge in [0, 0.05) is 0 Å². The molecule has 2 aromatic rings. The molecule has 8 heteroatoms. The van der Waals surface area contributed by atoms with Crippen molar-refractivity contribution in [3.05, 3.63) is 33.7 Å². The van der Waals surface area contributed by atoms with E-state index in [-0.39, 0.29) is 29.2 Å². The van der Waals surface area contributed by atoms with Gasteiger partial charge in [0.2, 0.25) is 0 Å². The Kier molecular flexibility index (Phi) is 3.23. The molecular formula is C12H12ClN3O4. The van der Waals surface area contributed by atoms with Gasteiger partial charge in [0.05, 0.1) is 43.8 Å². The Hall–Kier alpha value is -1.86. The van der Waals surface area contributed by atoms with Crippen LogP contribution in [0.5, 0.6) is 0 Å². The standard InChI is InChI=1S/C12H12ClN3O4/c1-2-19-11(17)10-8-3-14-9(13)5-15(8)12(18)16(10)4-7-6-20-7/h3,5,7H,2,4,6H2,1H3. The van der Waals surface area contributed by atoms with Gasteiger partial charge >= 0.3 is 11.7 Å². The maximum atomic E-state index is 12.3. The quantitative estimate of drug-likeness (QED) is 0.614. The first-order chi connectivity index (χ1) is 9.61. The number of imidazole rings is 1. The van der Waals surface area contributed by atoms with Crippen molar-refractivity contribution in [2.24, 2.45) is 0 Å². The Morgan fingerprint density at radius 3 is 3.05 bits per heavy atom. The number of hydrogen-bond donors (Lipinski definition) is 0. The minimum atomic E-state index is -0.558. The van der Waals surface area contributed by atoms with Crippen LogP contribution in [0.15, 0.2) is 17.2 Å². The third-order valence-electron chi connectivity index (χ3n) is 3.01. The van der Waals surface area contributed by atoms with Gasteiger partial charge < -0.3 is 9.47 Å². The van der Waals surface area contributed by atoms with Crippen molar-refractivity contribution in [3.63, 3.8) is 0 Å². The van der Waals surface area contributed by atoms with Crippen LogP contribution in [0.1, 0.15) is 17.4 Å². The summed E-state index contributed by atoms with van der Waals surface area (Å²) in [5.74, 6) is -0.558. The van der Waals surface area contributed by atoms with Crippen molar-refractivity contribution in [1.29, 1.82) is 0 Å². The van der Waals surface area contributed by atoms with E-state index in [0.717, 1.165) is 0 Å². The van der Waals surface area contributed by atoms with Gasteiger partial charge in [-0.1, -0.05) is 11.6 Å². The largest absolute Gasteiger partial charge is 0.461 e. The molecule has 3 heterocycles. The van der Waals surface area contributed by atoms with Gasteiger partial charge in [-0.2, -0.15) is 0 Å². The molecule has 0 bridgehead atoms. The van der Waals surface area contributed by atoms with Crippen molar-refractivity contribution in [2.45, 2.75) is 19.6 Å². The number of rotatable bonds is 4. The first-order valence-corrected chi connectivity index (χ1v) is 6.54. The lowest BCUT2D eigenvalue weighted by Crippen LogP contribution is -2.25. The highest BCUT2D eigenvalue weighted by atomic mass is 35.5. The third-order valence-corrected chi connectivity index (χ3v) is 3.21. The van der Waals surface area contributed by atoms with Crippen molar-refractivity contribution in [3.8, 4) is 0 Å². The number of aromatic nitrogens is 3. The van der Waals surface area contributed by atoms with E-state index in [0.29, 0.717) is 18.7 Å². The molecule has 20 heavy (non-hydrogen) atoms. The first-order valence-electron chi connectivity index (χ1n) is 6.17. The van der Waals surface area contributed by atoms with E-state index < -0.39 is 5.97 Å². The topological polar surface area (TPSA) is 78.1 Å². The van der Waals surface area contributed by atoms with Crippen LogP contribution >= 0.6 is 11.6 Å². The molecule has 7 nitrogen and oxygen atoms in total. The molecule has 0 N–H and O–H groups in total. The number of fused-ring (bicyclic) bond motifs is 1. The third kappa shape index (κ3) is 2.19. The molecular weight excluding hydrogens is 286 g/mol. The van der Waals surface area contributed by atoms with Gasteiger partial charge in [-0.25, -0.2) is 14.6 Å². The van der Waals surface area contributed by atoms with E-state index in [9.17, 15) is 9.59 Å². The van der Waals surface area contributed by atoms with E-state index in [1.165, 1.54) is 21.4 Å². The number of carbonyl (C=O) groups excluding carboxylic acids is 1. The Bertz CT molecular complexity index is 732. The number of nitrogens with zero attached hydrogens (tertiary/aromatic N) is 3. The van der Waals surface area contributed by atoms with E-state index in [2.05, 4.69) is 4.98 Å². The van der Waals surface area contributed by atoms with E-state index in [1.54, 1.807) is 6.92 Å². The molecule has 1 saturated heterocycles. The number of halogens is 1. The second-order valence-electron chi connectivity index (χ2n) is 4.38. The molecule has 1 fully saturated rings. The monoisotopic (exact) mass is 297 g/mol. The highest BCUT2D eigenvalue weighted by molar-refractivity contribution is 6.29. The highest BCUT2D eigenvalue weighted by Gasteiger charge is 2.29. The van der Waals surface area contributed by atoms with Crippen LogP contribution in [0.2, 0.25) is 5.15 Å². The highest BCUT2D eigenvalue weighted by Crippen LogP contribution is 2.17. The normalized spacial score (nSPS) is 17.4. The van der Waals surface area contributed by atoms with Crippen LogP contribution in [0, 0.1) is 0 Å². The molecule has 2 aromatic heterocycles. The summed E-state index contributed by atoms with van der Waals surface area (Å²) in [5, 5.41) is 0.176. The molecule has 1 aliphatic rings. The fourth-order valence-corrected chi connectivity index (χ4v) is 2.20. The van der Waals surface area contributed by atoms with Gasteiger partial charge in [0.1, 0.15) is 5.15 Å². The van der Waals surface area contributed by atoms with Gasteiger partial charge in [0.15, 0.2) is 5.69 Å². The van der Waals surface area contributed by atoms with Crippen LogP contribution in [0.3, 0.4) is 0 Å². The summed E-state index contributed by atoms with van der Waals surface area (Å²) in [6, 6.07) is 0. The van der Waals surface area contributed by atoms with E-state index >= 15 is 0 Å². The molecule has 106 valence electrons. The van der Waals surface area contributed by atoms with Gasteiger partial charge in [-0.15, -0.1) is 0 Å². The zero-order valence-corrected chi connectivity index (χ0v) is 11.5.